The number of thioether (sulfide) groups is 1. The van der Waals surface area contributed by atoms with Crippen LogP contribution in [0.2, 0.25) is 0 Å². The maximum absolute atomic E-state index is 12.8. The van der Waals surface area contributed by atoms with E-state index >= 15 is 0 Å². The topological polar surface area (TPSA) is 46.2 Å². The van der Waals surface area contributed by atoms with E-state index in [2.05, 4.69) is 5.32 Å². The highest BCUT2D eigenvalue weighted by molar-refractivity contribution is 8.00. The molecule has 0 saturated carbocycles. The molecule has 0 atom stereocenters. The van der Waals surface area contributed by atoms with Gasteiger partial charge in [-0.05, 0) is 55.0 Å². The van der Waals surface area contributed by atoms with Crippen LogP contribution < -0.4 is 5.32 Å². The molecule has 0 spiro atoms. The number of nitrogens with one attached hydrogen (secondary N) is 1. The lowest BCUT2D eigenvalue weighted by Gasteiger charge is -2.06. The average molecular weight is 331 g/mol. The van der Waals surface area contributed by atoms with E-state index in [9.17, 15) is 14.0 Å². The first kappa shape index (κ1) is 17.2. The molecule has 0 saturated heterocycles. The standard InChI is InChI=1S/C18H18FNO2S/c1-2-3-18(22)20-15-8-4-13(5-9-15)17(21)12-23-16-10-6-14(19)7-11-16/h4-11H,2-3,12H2,1H3,(H,20,22). The van der Waals surface area contributed by atoms with Gasteiger partial charge in [0.1, 0.15) is 5.82 Å². The van der Waals surface area contributed by atoms with Crippen molar-refractivity contribution in [3.63, 3.8) is 0 Å². The zero-order valence-corrected chi connectivity index (χ0v) is 13.7. The summed E-state index contributed by atoms with van der Waals surface area (Å²) in [5, 5.41) is 2.78. The highest BCUT2D eigenvalue weighted by atomic mass is 32.2. The number of halogens is 1. The normalized spacial score (nSPS) is 10.3. The molecule has 0 aliphatic rings. The van der Waals surface area contributed by atoms with Crippen LogP contribution in [0.1, 0.15) is 30.1 Å². The van der Waals surface area contributed by atoms with Crippen LogP contribution >= 0.6 is 11.8 Å². The van der Waals surface area contributed by atoms with Gasteiger partial charge in [0, 0.05) is 22.6 Å². The molecule has 0 fully saturated rings. The van der Waals surface area contributed by atoms with Crippen molar-refractivity contribution in [2.24, 2.45) is 0 Å². The first-order valence-corrected chi connectivity index (χ1v) is 8.38. The average Bonchev–Trinajstić information content (AvgIpc) is 2.55. The molecule has 0 unspecified atom stereocenters. The van der Waals surface area contributed by atoms with E-state index in [4.69, 9.17) is 0 Å². The molecule has 0 aliphatic heterocycles. The minimum atomic E-state index is -0.290. The largest absolute Gasteiger partial charge is 0.326 e. The lowest BCUT2D eigenvalue weighted by molar-refractivity contribution is -0.116. The van der Waals surface area contributed by atoms with Gasteiger partial charge < -0.3 is 5.32 Å². The van der Waals surface area contributed by atoms with E-state index in [1.54, 1.807) is 36.4 Å². The maximum atomic E-state index is 12.8. The predicted octanol–water partition coefficient (Wildman–Crippen LogP) is 4.54. The molecule has 120 valence electrons. The quantitative estimate of drug-likeness (QED) is 0.598. The highest BCUT2D eigenvalue weighted by Crippen LogP contribution is 2.20. The van der Waals surface area contributed by atoms with Crippen molar-refractivity contribution >= 4 is 29.1 Å². The number of carbonyl (C=O) groups is 2. The van der Waals surface area contributed by atoms with Crippen LogP contribution in [0.4, 0.5) is 10.1 Å². The van der Waals surface area contributed by atoms with Gasteiger partial charge in [0.05, 0.1) is 5.75 Å². The SMILES string of the molecule is CCCC(=O)Nc1ccc(C(=O)CSc2ccc(F)cc2)cc1. The summed E-state index contributed by atoms with van der Waals surface area (Å²) in [4.78, 5) is 24.5. The number of Topliss-reactive ketones (excluding diaryl/α,β-unsaturated/α-hetero) is 1. The molecule has 2 rings (SSSR count). The minimum Gasteiger partial charge on any atom is -0.326 e. The molecular weight excluding hydrogens is 313 g/mol. The van der Waals surface area contributed by atoms with E-state index in [-0.39, 0.29) is 23.3 Å². The Labute approximate surface area is 139 Å². The van der Waals surface area contributed by atoms with E-state index < -0.39 is 0 Å². The Morgan fingerprint density at radius 3 is 2.30 bits per heavy atom. The molecule has 3 nitrogen and oxygen atoms in total. The molecule has 0 aromatic heterocycles. The van der Waals surface area contributed by atoms with Crippen LogP contribution in [-0.2, 0) is 4.79 Å². The molecule has 2 aromatic rings. The molecule has 0 aliphatic carbocycles. The number of carbonyl (C=O) groups excluding carboxylic acids is 2. The van der Waals surface area contributed by atoms with Gasteiger partial charge in [-0.15, -0.1) is 11.8 Å². The van der Waals surface area contributed by atoms with Crippen LogP contribution in [0.15, 0.2) is 53.4 Å². The third-order valence-electron chi connectivity index (χ3n) is 3.15. The molecular formula is C18H18FNO2S. The molecule has 0 radical (unpaired) electrons. The molecule has 0 bridgehead atoms. The second-order valence-corrected chi connectivity index (χ2v) is 6.09. The Balaban J connectivity index is 1.89. The Morgan fingerprint density at radius 2 is 1.70 bits per heavy atom. The fourth-order valence-corrected chi connectivity index (χ4v) is 2.75. The van der Waals surface area contributed by atoms with Gasteiger partial charge in [0.2, 0.25) is 5.91 Å². The Hall–Kier alpha value is -2.14. The Bertz CT molecular complexity index is 668. The fraction of sp³-hybridized carbons (Fsp3) is 0.222. The fourth-order valence-electron chi connectivity index (χ4n) is 1.95. The number of hydrogen-bond donors (Lipinski definition) is 1. The van der Waals surface area contributed by atoms with Crippen molar-refractivity contribution in [3.05, 3.63) is 59.9 Å². The van der Waals surface area contributed by atoms with E-state index in [1.165, 1.54) is 23.9 Å². The van der Waals surface area contributed by atoms with Gasteiger partial charge in [0.15, 0.2) is 5.78 Å². The molecule has 23 heavy (non-hydrogen) atoms. The molecule has 0 heterocycles. The van der Waals surface area contributed by atoms with Crippen molar-refractivity contribution < 1.29 is 14.0 Å². The summed E-state index contributed by atoms with van der Waals surface area (Å²) in [7, 11) is 0. The summed E-state index contributed by atoms with van der Waals surface area (Å²) < 4.78 is 12.8. The van der Waals surface area contributed by atoms with Crippen LogP contribution in [0.3, 0.4) is 0 Å². The van der Waals surface area contributed by atoms with Crippen molar-refractivity contribution in [2.45, 2.75) is 24.7 Å². The van der Waals surface area contributed by atoms with Crippen molar-refractivity contribution in [1.82, 2.24) is 0 Å². The van der Waals surface area contributed by atoms with Crippen LogP contribution in [0, 0.1) is 5.82 Å². The molecule has 1 amide bonds. The summed E-state index contributed by atoms with van der Waals surface area (Å²) in [6.07, 6.45) is 1.28. The zero-order valence-electron chi connectivity index (χ0n) is 12.8. The van der Waals surface area contributed by atoms with Crippen LogP contribution in [-0.4, -0.2) is 17.4 Å². The second kappa shape index (κ2) is 8.48. The molecule has 5 heteroatoms. The number of hydrogen-bond acceptors (Lipinski definition) is 3. The van der Waals surface area contributed by atoms with Gasteiger partial charge in [-0.25, -0.2) is 4.39 Å². The monoisotopic (exact) mass is 331 g/mol. The van der Waals surface area contributed by atoms with Gasteiger partial charge in [-0.1, -0.05) is 6.92 Å². The van der Waals surface area contributed by atoms with E-state index in [0.717, 1.165) is 11.3 Å². The summed E-state index contributed by atoms with van der Waals surface area (Å²) in [6, 6.07) is 12.9. The first-order chi connectivity index (χ1) is 11.1. The lowest BCUT2D eigenvalue weighted by atomic mass is 10.1. The highest BCUT2D eigenvalue weighted by Gasteiger charge is 2.08. The minimum absolute atomic E-state index is 0.00856. The Morgan fingerprint density at radius 1 is 1.04 bits per heavy atom. The van der Waals surface area contributed by atoms with Gasteiger partial charge in [0.25, 0.3) is 0 Å². The zero-order chi connectivity index (χ0) is 16.7. The summed E-state index contributed by atoms with van der Waals surface area (Å²) in [5.41, 5.74) is 1.28. The maximum Gasteiger partial charge on any atom is 0.224 e. The third-order valence-corrected chi connectivity index (χ3v) is 4.16. The summed E-state index contributed by atoms with van der Waals surface area (Å²) in [5.74, 6) is -0.0433. The molecule has 1 N–H and O–H groups in total. The number of benzene rings is 2. The smallest absolute Gasteiger partial charge is 0.224 e. The van der Waals surface area contributed by atoms with Gasteiger partial charge in [-0.2, -0.15) is 0 Å². The number of ketones is 1. The molecule has 2 aromatic carbocycles. The number of amides is 1. The van der Waals surface area contributed by atoms with Crippen molar-refractivity contribution in [1.29, 1.82) is 0 Å². The van der Waals surface area contributed by atoms with Gasteiger partial charge in [-0.3, -0.25) is 9.59 Å². The third kappa shape index (κ3) is 5.53. The lowest BCUT2D eigenvalue weighted by Crippen LogP contribution is -2.10. The number of rotatable bonds is 7. The second-order valence-electron chi connectivity index (χ2n) is 5.04. The van der Waals surface area contributed by atoms with Crippen molar-refractivity contribution in [2.75, 3.05) is 11.1 Å². The van der Waals surface area contributed by atoms with E-state index in [0.29, 0.717) is 17.7 Å². The first-order valence-electron chi connectivity index (χ1n) is 7.40. The Kier molecular flexibility index (Phi) is 6.35. The van der Waals surface area contributed by atoms with Crippen molar-refractivity contribution in [3.8, 4) is 0 Å². The predicted molar refractivity (Wildman–Crippen MR) is 91.4 cm³/mol. The summed E-state index contributed by atoms with van der Waals surface area (Å²) in [6.45, 7) is 1.94. The summed E-state index contributed by atoms with van der Waals surface area (Å²) >= 11 is 1.37. The van der Waals surface area contributed by atoms with Gasteiger partial charge >= 0.3 is 0 Å². The van der Waals surface area contributed by atoms with E-state index in [1.807, 2.05) is 6.92 Å². The van der Waals surface area contributed by atoms with Crippen LogP contribution in [0.5, 0.6) is 0 Å². The number of anilines is 1. The van der Waals surface area contributed by atoms with Crippen LogP contribution in [0.25, 0.3) is 0 Å².